The summed E-state index contributed by atoms with van der Waals surface area (Å²) in [6, 6.07) is 7.43. The minimum absolute atomic E-state index is 0.0526. The normalized spacial score (nSPS) is 11.4. The van der Waals surface area contributed by atoms with Crippen LogP contribution in [0.2, 0.25) is 0 Å². The Morgan fingerprint density at radius 1 is 1.43 bits per heavy atom. The molecule has 0 unspecified atom stereocenters. The van der Waals surface area contributed by atoms with Gasteiger partial charge in [0.15, 0.2) is 0 Å². The summed E-state index contributed by atoms with van der Waals surface area (Å²) in [5.41, 5.74) is 6.63. The molecule has 0 aliphatic rings. The molecule has 0 spiro atoms. The van der Waals surface area contributed by atoms with E-state index < -0.39 is 11.7 Å². The Labute approximate surface area is 125 Å². The highest BCUT2D eigenvalue weighted by Crippen LogP contribution is 2.08. The molecule has 0 bridgehead atoms. The van der Waals surface area contributed by atoms with Gasteiger partial charge in [0.1, 0.15) is 11.4 Å². The van der Waals surface area contributed by atoms with E-state index in [0.717, 1.165) is 5.56 Å². The van der Waals surface area contributed by atoms with Crippen LogP contribution in [0.1, 0.15) is 38.3 Å². The van der Waals surface area contributed by atoms with Crippen LogP contribution in [0.3, 0.4) is 0 Å². The molecule has 0 aromatic heterocycles. The van der Waals surface area contributed by atoms with Crippen LogP contribution < -0.4 is 11.1 Å². The monoisotopic (exact) mass is 289 g/mol. The van der Waals surface area contributed by atoms with Crippen molar-refractivity contribution < 1.29 is 9.53 Å². The Kier molecular flexibility index (Phi) is 5.96. The number of carbonyl (C=O) groups excluding carboxylic acids is 1. The number of carbonyl (C=O) groups is 1. The lowest BCUT2D eigenvalue weighted by Crippen LogP contribution is -2.32. The molecule has 114 valence electrons. The van der Waals surface area contributed by atoms with Gasteiger partial charge in [-0.1, -0.05) is 30.4 Å². The van der Waals surface area contributed by atoms with Gasteiger partial charge in [0, 0.05) is 12.1 Å². The molecule has 0 atom stereocenters. The van der Waals surface area contributed by atoms with Crippen LogP contribution in [-0.2, 0) is 4.74 Å². The van der Waals surface area contributed by atoms with E-state index in [1.165, 1.54) is 0 Å². The van der Waals surface area contributed by atoms with Gasteiger partial charge in [0.05, 0.1) is 0 Å². The van der Waals surface area contributed by atoms with Crippen LogP contribution in [0.5, 0.6) is 0 Å². The molecule has 0 saturated heterocycles. The maximum atomic E-state index is 11.4. The Morgan fingerprint density at radius 3 is 2.76 bits per heavy atom. The van der Waals surface area contributed by atoms with Crippen molar-refractivity contribution in [2.24, 2.45) is 5.73 Å². The average Bonchev–Trinajstić information content (AvgIpc) is 2.36. The number of nitrogens with two attached hydrogens (primary N) is 1. The minimum atomic E-state index is -0.479. The van der Waals surface area contributed by atoms with E-state index in [9.17, 15) is 4.79 Å². The largest absolute Gasteiger partial charge is 0.444 e. The quantitative estimate of drug-likeness (QED) is 0.442. The van der Waals surface area contributed by atoms with E-state index in [-0.39, 0.29) is 5.84 Å². The van der Waals surface area contributed by atoms with Crippen molar-refractivity contribution in [2.45, 2.75) is 32.8 Å². The molecule has 1 aromatic rings. The molecule has 0 aliphatic heterocycles. The number of amides is 1. The summed E-state index contributed by atoms with van der Waals surface area (Å²) in [7, 11) is 0. The Bertz CT molecular complexity index is 531. The van der Waals surface area contributed by atoms with Crippen molar-refractivity contribution >= 4 is 18.0 Å². The van der Waals surface area contributed by atoms with Crippen LogP contribution in [0, 0.1) is 5.41 Å². The van der Waals surface area contributed by atoms with Crippen LogP contribution in [0.15, 0.2) is 30.3 Å². The first kappa shape index (κ1) is 16.8. The molecule has 0 saturated carbocycles. The highest BCUT2D eigenvalue weighted by molar-refractivity contribution is 5.95. The van der Waals surface area contributed by atoms with Crippen LogP contribution in [-0.4, -0.2) is 24.1 Å². The number of rotatable bonds is 5. The second-order valence-corrected chi connectivity index (χ2v) is 5.66. The van der Waals surface area contributed by atoms with Crippen LogP contribution >= 0.6 is 0 Å². The smallest absolute Gasteiger partial charge is 0.407 e. The zero-order valence-corrected chi connectivity index (χ0v) is 12.8. The Balaban J connectivity index is 2.37. The Morgan fingerprint density at radius 2 is 2.14 bits per heavy atom. The fraction of sp³-hybridized carbons (Fsp3) is 0.375. The molecule has 0 radical (unpaired) electrons. The molecular weight excluding hydrogens is 266 g/mol. The first-order valence-electron chi connectivity index (χ1n) is 6.86. The van der Waals surface area contributed by atoms with Crippen molar-refractivity contribution in [3.8, 4) is 0 Å². The summed E-state index contributed by atoms with van der Waals surface area (Å²) in [5.74, 6) is 0.0526. The van der Waals surface area contributed by atoms with Crippen molar-refractivity contribution in [1.82, 2.24) is 5.32 Å². The lowest BCUT2D eigenvalue weighted by Gasteiger charge is -2.19. The molecule has 1 aromatic carbocycles. The topological polar surface area (TPSA) is 88.2 Å². The maximum Gasteiger partial charge on any atom is 0.407 e. The van der Waals surface area contributed by atoms with E-state index in [1.807, 2.05) is 51.1 Å². The van der Waals surface area contributed by atoms with Gasteiger partial charge in [-0.3, -0.25) is 5.41 Å². The zero-order chi connectivity index (χ0) is 15.9. The third-order valence-electron chi connectivity index (χ3n) is 2.49. The average molecular weight is 289 g/mol. The molecule has 0 fully saturated rings. The van der Waals surface area contributed by atoms with Gasteiger partial charge in [0.25, 0.3) is 0 Å². The number of benzene rings is 1. The van der Waals surface area contributed by atoms with Crippen LogP contribution in [0.25, 0.3) is 6.08 Å². The van der Waals surface area contributed by atoms with Gasteiger partial charge in [-0.2, -0.15) is 0 Å². The molecule has 0 heterocycles. The molecule has 1 rings (SSSR count). The lowest BCUT2D eigenvalue weighted by atomic mass is 10.1. The Hall–Kier alpha value is -2.30. The third-order valence-corrected chi connectivity index (χ3v) is 2.49. The van der Waals surface area contributed by atoms with E-state index in [4.69, 9.17) is 15.9 Å². The second-order valence-electron chi connectivity index (χ2n) is 5.66. The lowest BCUT2D eigenvalue weighted by molar-refractivity contribution is 0.0529. The third kappa shape index (κ3) is 7.15. The zero-order valence-electron chi connectivity index (χ0n) is 12.8. The van der Waals surface area contributed by atoms with E-state index in [2.05, 4.69) is 5.32 Å². The van der Waals surface area contributed by atoms with Gasteiger partial charge in [-0.15, -0.1) is 0 Å². The number of alkyl carbamates (subject to hydrolysis) is 1. The predicted molar refractivity (Wildman–Crippen MR) is 85.3 cm³/mol. The predicted octanol–water partition coefficient (Wildman–Crippen LogP) is 2.90. The summed E-state index contributed by atoms with van der Waals surface area (Å²) in [4.78, 5) is 11.4. The number of nitrogen functional groups attached to an aromatic ring is 1. The summed E-state index contributed by atoms with van der Waals surface area (Å²) in [6.45, 7) is 6.00. The van der Waals surface area contributed by atoms with Crippen molar-refractivity contribution in [3.63, 3.8) is 0 Å². The van der Waals surface area contributed by atoms with Crippen molar-refractivity contribution in [3.05, 3.63) is 41.5 Å². The van der Waals surface area contributed by atoms with E-state index in [0.29, 0.717) is 18.5 Å². The van der Waals surface area contributed by atoms with Gasteiger partial charge >= 0.3 is 6.09 Å². The molecule has 5 heteroatoms. The fourth-order valence-electron chi connectivity index (χ4n) is 1.60. The molecule has 1 amide bonds. The number of nitrogens with one attached hydrogen (secondary N) is 2. The second kappa shape index (κ2) is 7.47. The summed E-state index contributed by atoms with van der Waals surface area (Å²) in [6.07, 6.45) is 4.18. The van der Waals surface area contributed by atoms with Gasteiger partial charge < -0.3 is 15.8 Å². The highest BCUT2D eigenvalue weighted by Gasteiger charge is 2.15. The van der Waals surface area contributed by atoms with Gasteiger partial charge in [-0.25, -0.2) is 4.79 Å². The van der Waals surface area contributed by atoms with Gasteiger partial charge in [-0.05, 0) is 38.8 Å². The molecular formula is C16H23N3O2. The van der Waals surface area contributed by atoms with Gasteiger partial charge in [0.2, 0.25) is 0 Å². The molecule has 21 heavy (non-hydrogen) atoms. The summed E-state index contributed by atoms with van der Waals surface area (Å²) < 4.78 is 5.13. The molecule has 5 nitrogen and oxygen atoms in total. The highest BCUT2D eigenvalue weighted by atomic mass is 16.6. The number of amidine groups is 1. The number of ether oxygens (including phenoxy) is 1. The van der Waals surface area contributed by atoms with Crippen LogP contribution in [0.4, 0.5) is 4.79 Å². The molecule has 0 aliphatic carbocycles. The van der Waals surface area contributed by atoms with E-state index >= 15 is 0 Å². The maximum absolute atomic E-state index is 11.4. The van der Waals surface area contributed by atoms with E-state index in [1.54, 1.807) is 6.07 Å². The summed E-state index contributed by atoms with van der Waals surface area (Å²) in [5, 5.41) is 10.1. The fourth-order valence-corrected chi connectivity index (χ4v) is 1.60. The molecule has 4 N–H and O–H groups in total. The summed E-state index contributed by atoms with van der Waals surface area (Å²) >= 11 is 0. The number of hydrogen-bond donors (Lipinski definition) is 3. The van der Waals surface area contributed by atoms with Crippen molar-refractivity contribution in [1.29, 1.82) is 5.41 Å². The SMILES string of the molecule is CC(C)(C)OC(=O)NCCC=Cc1cccc(C(=N)N)c1. The minimum Gasteiger partial charge on any atom is -0.444 e. The first-order valence-corrected chi connectivity index (χ1v) is 6.86. The first-order chi connectivity index (χ1) is 9.78. The number of hydrogen-bond acceptors (Lipinski definition) is 3. The standard InChI is InChI=1S/C16H23N3O2/c1-16(2,3)21-15(20)19-10-5-4-7-12-8-6-9-13(11-12)14(17)18/h4,6-9,11H,5,10H2,1-3H3,(H3,17,18)(H,19,20). The van der Waals surface area contributed by atoms with Crippen molar-refractivity contribution in [2.75, 3.05) is 6.54 Å².